The van der Waals surface area contributed by atoms with Crippen LogP contribution in [-0.2, 0) is 13.0 Å². The Morgan fingerprint density at radius 2 is 2.16 bits per heavy atom. The quantitative estimate of drug-likeness (QED) is 0.833. The minimum absolute atomic E-state index is 0.752. The fourth-order valence-electron chi connectivity index (χ4n) is 3.60. The standard InChI is InChI=1S/C16H21N3/c1-2-16-14(8-17)7-13(9-18-16)11-19-10-12-3-5-15(19)6-4-12/h7,9,12,15H,2-6,10-11H2,1H3. The lowest BCUT2D eigenvalue weighted by atomic mass is 9.80. The highest BCUT2D eigenvalue weighted by Crippen LogP contribution is 2.35. The molecule has 1 aliphatic carbocycles. The average molecular weight is 255 g/mol. The zero-order chi connectivity index (χ0) is 13.2. The molecule has 0 amide bonds. The van der Waals surface area contributed by atoms with E-state index in [2.05, 4.69) is 16.0 Å². The van der Waals surface area contributed by atoms with Gasteiger partial charge in [-0.2, -0.15) is 5.26 Å². The highest BCUT2D eigenvalue weighted by molar-refractivity contribution is 5.35. The van der Waals surface area contributed by atoms with E-state index in [0.29, 0.717) is 0 Å². The molecule has 1 aromatic rings. The van der Waals surface area contributed by atoms with Crippen LogP contribution in [0.5, 0.6) is 0 Å². The van der Waals surface area contributed by atoms with Crippen LogP contribution < -0.4 is 0 Å². The monoisotopic (exact) mass is 255 g/mol. The maximum Gasteiger partial charge on any atom is 0.101 e. The van der Waals surface area contributed by atoms with Gasteiger partial charge in [0.1, 0.15) is 6.07 Å². The molecule has 100 valence electrons. The second-order valence-corrected chi connectivity index (χ2v) is 5.91. The second-order valence-electron chi connectivity index (χ2n) is 5.91. The third kappa shape index (κ3) is 2.50. The van der Waals surface area contributed by atoms with E-state index in [1.807, 2.05) is 19.2 Å². The van der Waals surface area contributed by atoms with Crippen molar-refractivity contribution in [3.63, 3.8) is 0 Å². The molecule has 0 atom stereocenters. The van der Waals surface area contributed by atoms with Crippen LogP contribution in [0.3, 0.4) is 0 Å². The molecule has 0 unspecified atom stereocenters. The van der Waals surface area contributed by atoms with Gasteiger partial charge in [-0.05, 0) is 49.7 Å². The summed E-state index contributed by atoms with van der Waals surface area (Å²) in [6.07, 6.45) is 8.33. The Morgan fingerprint density at radius 1 is 1.37 bits per heavy atom. The predicted octanol–water partition coefficient (Wildman–Crippen LogP) is 2.89. The summed E-state index contributed by atoms with van der Waals surface area (Å²) in [6, 6.07) is 5.08. The minimum Gasteiger partial charge on any atom is -0.296 e. The first-order valence-corrected chi connectivity index (χ1v) is 7.42. The number of hydrogen-bond donors (Lipinski definition) is 0. The van der Waals surface area contributed by atoms with E-state index in [9.17, 15) is 5.26 Å². The molecular weight excluding hydrogens is 234 g/mol. The van der Waals surface area contributed by atoms with E-state index in [1.54, 1.807) is 0 Å². The van der Waals surface area contributed by atoms with Crippen LogP contribution in [-0.4, -0.2) is 22.5 Å². The first-order chi connectivity index (χ1) is 9.30. The van der Waals surface area contributed by atoms with Gasteiger partial charge >= 0.3 is 0 Å². The molecule has 3 fully saturated rings. The van der Waals surface area contributed by atoms with Gasteiger partial charge in [-0.1, -0.05) is 6.92 Å². The molecular formula is C16H21N3. The van der Waals surface area contributed by atoms with E-state index in [-0.39, 0.29) is 0 Å². The number of pyridine rings is 1. The predicted molar refractivity (Wildman–Crippen MR) is 74.5 cm³/mol. The molecule has 3 nitrogen and oxygen atoms in total. The largest absolute Gasteiger partial charge is 0.296 e. The maximum absolute atomic E-state index is 9.18. The highest BCUT2D eigenvalue weighted by atomic mass is 15.2. The molecule has 1 aromatic heterocycles. The molecule has 0 N–H and O–H groups in total. The Bertz CT molecular complexity index is 495. The Labute approximate surface area is 115 Å². The van der Waals surface area contributed by atoms with Gasteiger partial charge in [0.15, 0.2) is 0 Å². The van der Waals surface area contributed by atoms with Crippen LogP contribution in [0, 0.1) is 17.2 Å². The maximum atomic E-state index is 9.18. The molecule has 4 rings (SSSR count). The zero-order valence-electron chi connectivity index (χ0n) is 11.6. The molecule has 1 saturated carbocycles. The molecule has 2 bridgehead atoms. The van der Waals surface area contributed by atoms with Crippen molar-refractivity contribution in [3.05, 3.63) is 29.1 Å². The smallest absolute Gasteiger partial charge is 0.101 e. The van der Waals surface area contributed by atoms with Crippen molar-refractivity contribution in [1.29, 1.82) is 5.26 Å². The van der Waals surface area contributed by atoms with Crippen LogP contribution in [0.1, 0.15) is 49.4 Å². The van der Waals surface area contributed by atoms with Crippen LogP contribution in [0.15, 0.2) is 12.3 Å². The second kappa shape index (κ2) is 5.30. The van der Waals surface area contributed by atoms with Gasteiger partial charge in [0, 0.05) is 25.3 Å². The van der Waals surface area contributed by atoms with Crippen LogP contribution in [0.2, 0.25) is 0 Å². The normalized spacial score (nSPS) is 26.3. The molecule has 2 saturated heterocycles. The fraction of sp³-hybridized carbons (Fsp3) is 0.625. The van der Waals surface area contributed by atoms with Crippen molar-refractivity contribution in [3.8, 4) is 6.07 Å². The first kappa shape index (κ1) is 12.6. The number of fused-ring (bicyclic) bond motifs is 3. The number of hydrogen-bond acceptors (Lipinski definition) is 3. The van der Waals surface area contributed by atoms with Crippen LogP contribution >= 0.6 is 0 Å². The van der Waals surface area contributed by atoms with Gasteiger partial charge < -0.3 is 0 Å². The lowest BCUT2D eigenvalue weighted by Crippen LogP contribution is -2.47. The zero-order valence-corrected chi connectivity index (χ0v) is 11.6. The number of aromatic nitrogens is 1. The molecule has 0 radical (unpaired) electrons. The lowest BCUT2D eigenvalue weighted by Gasteiger charge is -2.45. The van der Waals surface area contributed by atoms with Crippen molar-refractivity contribution in [2.75, 3.05) is 6.54 Å². The van der Waals surface area contributed by atoms with Crippen LogP contribution in [0.4, 0.5) is 0 Å². The molecule has 3 heteroatoms. The fourth-order valence-corrected chi connectivity index (χ4v) is 3.60. The Balaban J connectivity index is 1.75. The summed E-state index contributed by atoms with van der Waals surface area (Å²) in [5.41, 5.74) is 2.87. The number of nitriles is 1. The van der Waals surface area contributed by atoms with Gasteiger partial charge in [0.2, 0.25) is 0 Å². The van der Waals surface area contributed by atoms with Crippen molar-refractivity contribution in [2.45, 2.75) is 51.6 Å². The van der Waals surface area contributed by atoms with E-state index >= 15 is 0 Å². The first-order valence-electron chi connectivity index (χ1n) is 7.42. The van der Waals surface area contributed by atoms with Gasteiger partial charge in [-0.3, -0.25) is 9.88 Å². The van der Waals surface area contributed by atoms with E-state index in [0.717, 1.165) is 36.2 Å². The minimum atomic E-state index is 0.752. The lowest BCUT2D eigenvalue weighted by molar-refractivity contribution is 0.0425. The summed E-state index contributed by atoms with van der Waals surface area (Å²) in [4.78, 5) is 7.05. The van der Waals surface area contributed by atoms with Crippen molar-refractivity contribution < 1.29 is 0 Å². The summed E-state index contributed by atoms with van der Waals surface area (Å²) in [7, 11) is 0. The number of nitrogens with zero attached hydrogens (tertiary/aromatic N) is 3. The summed E-state index contributed by atoms with van der Waals surface area (Å²) in [6.45, 7) is 4.25. The number of aryl methyl sites for hydroxylation is 1. The summed E-state index contributed by atoms with van der Waals surface area (Å²) in [5, 5.41) is 9.18. The molecule has 2 aliphatic heterocycles. The van der Waals surface area contributed by atoms with Crippen molar-refractivity contribution >= 4 is 0 Å². The average Bonchev–Trinajstić information content (AvgIpc) is 2.48. The number of rotatable bonds is 3. The molecule has 3 heterocycles. The summed E-state index contributed by atoms with van der Waals surface area (Å²) >= 11 is 0. The Morgan fingerprint density at radius 3 is 2.74 bits per heavy atom. The molecule has 19 heavy (non-hydrogen) atoms. The summed E-state index contributed by atoms with van der Waals surface area (Å²) in [5.74, 6) is 0.906. The summed E-state index contributed by atoms with van der Waals surface area (Å²) < 4.78 is 0. The Kier molecular flexibility index (Phi) is 3.52. The topological polar surface area (TPSA) is 39.9 Å². The Hall–Kier alpha value is -1.40. The third-order valence-corrected chi connectivity index (χ3v) is 4.69. The highest BCUT2D eigenvalue weighted by Gasteiger charge is 2.33. The van der Waals surface area contributed by atoms with Gasteiger partial charge in [0.25, 0.3) is 0 Å². The van der Waals surface area contributed by atoms with Crippen molar-refractivity contribution in [2.24, 2.45) is 5.92 Å². The molecule has 0 aromatic carbocycles. The van der Waals surface area contributed by atoms with Gasteiger partial charge in [-0.15, -0.1) is 0 Å². The van der Waals surface area contributed by atoms with E-state index in [1.165, 1.54) is 37.8 Å². The molecule has 0 spiro atoms. The van der Waals surface area contributed by atoms with Gasteiger partial charge in [0.05, 0.1) is 11.3 Å². The molecule has 3 aliphatic rings. The van der Waals surface area contributed by atoms with E-state index in [4.69, 9.17) is 0 Å². The van der Waals surface area contributed by atoms with Crippen LogP contribution in [0.25, 0.3) is 0 Å². The van der Waals surface area contributed by atoms with Crippen molar-refractivity contribution in [1.82, 2.24) is 9.88 Å². The SMILES string of the molecule is CCc1ncc(CN2CC3CCC2CC3)cc1C#N. The van der Waals surface area contributed by atoms with E-state index < -0.39 is 0 Å². The van der Waals surface area contributed by atoms with Gasteiger partial charge in [-0.25, -0.2) is 0 Å². The third-order valence-electron chi connectivity index (χ3n) is 4.69. The number of piperidine rings is 2.